The zero-order chi connectivity index (χ0) is 20.3. The summed E-state index contributed by atoms with van der Waals surface area (Å²) in [7, 11) is 0. The van der Waals surface area contributed by atoms with E-state index in [1.165, 1.54) is 11.8 Å². The van der Waals surface area contributed by atoms with Gasteiger partial charge < -0.3 is 35.2 Å². The number of hydrogen-bond acceptors (Lipinski definition) is 8. The minimum atomic E-state index is -1.48. The van der Waals surface area contributed by atoms with E-state index in [-0.39, 0.29) is 0 Å². The Morgan fingerprint density at radius 1 is 1.18 bits per heavy atom. The third-order valence-corrected chi connectivity index (χ3v) is 5.78. The first kappa shape index (κ1) is 21.3. The van der Waals surface area contributed by atoms with Gasteiger partial charge in [0.2, 0.25) is 6.29 Å². The Kier molecular flexibility index (Phi) is 7.10. The molecule has 28 heavy (non-hydrogen) atoms. The van der Waals surface area contributed by atoms with Crippen LogP contribution in [-0.2, 0) is 11.3 Å². The number of fused-ring (bicyclic) bond motifs is 1. The van der Waals surface area contributed by atoms with Crippen molar-refractivity contribution in [1.29, 1.82) is 0 Å². The number of aliphatic hydroxyl groups is 4. The molecular weight excluding hydrogens is 402 g/mol. The highest BCUT2D eigenvalue weighted by atomic mass is 32.2. The molecule has 1 aliphatic rings. The lowest BCUT2D eigenvalue weighted by Gasteiger charge is -2.39. The fourth-order valence-electron chi connectivity index (χ4n) is 3.05. The lowest BCUT2D eigenvalue weighted by Crippen LogP contribution is -2.60. The maximum atomic E-state index is 10.2. The van der Waals surface area contributed by atoms with Crippen LogP contribution in [0.1, 0.15) is 5.56 Å². The fraction of sp³-hybridized carbons (Fsp3) is 0.421. The first-order valence-corrected chi connectivity index (χ1v) is 10.4. The van der Waals surface area contributed by atoms with Crippen LogP contribution in [0.5, 0.6) is 5.75 Å². The summed E-state index contributed by atoms with van der Waals surface area (Å²) < 4.78 is 11.9. The van der Waals surface area contributed by atoms with Gasteiger partial charge in [0.15, 0.2) is 0 Å². The zero-order valence-corrected chi connectivity index (χ0v) is 16.8. The Balaban J connectivity index is 1.80. The molecule has 5 N–H and O–H groups in total. The molecular formula is C19H23NO6S2. The Morgan fingerprint density at radius 3 is 2.68 bits per heavy atom. The molecule has 1 saturated heterocycles. The van der Waals surface area contributed by atoms with Crippen LogP contribution >= 0.6 is 24.0 Å². The van der Waals surface area contributed by atoms with Gasteiger partial charge in [0.05, 0.1) is 6.61 Å². The van der Waals surface area contributed by atoms with E-state index in [2.05, 4.69) is 5.32 Å². The lowest BCUT2D eigenvalue weighted by atomic mass is 9.99. The summed E-state index contributed by atoms with van der Waals surface area (Å²) in [5, 5.41) is 44.2. The molecule has 5 atom stereocenters. The molecule has 152 valence electrons. The summed E-state index contributed by atoms with van der Waals surface area (Å²) in [4.78, 5) is 0. The van der Waals surface area contributed by atoms with Crippen molar-refractivity contribution in [1.82, 2.24) is 5.32 Å². The minimum Gasteiger partial charge on any atom is -0.461 e. The highest BCUT2D eigenvalue weighted by Gasteiger charge is 2.44. The molecule has 2 aromatic carbocycles. The van der Waals surface area contributed by atoms with Crippen molar-refractivity contribution in [2.75, 3.05) is 12.9 Å². The Labute approximate surface area is 172 Å². The molecule has 0 saturated carbocycles. The molecule has 0 unspecified atom stereocenters. The van der Waals surface area contributed by atoms with E-state index in [1.807, 2.05) is 36.6 Å². The minimum absolute atomic E-state index is 0.459. The third-order valence-electron chi connectivity index (χ3n) is 4.62. The molecule has 1 aliphatic heterocycles. The van der Waals surface area contributed by atoms with Gasteiger partial charge in [-0.25, -0.2) is 0 Å². The quantitative estimate of drug-likeness (QED) is 0.443. The SMILES string of the molecule is CSC(=S)NCc1ccc2c(O[C@@H]3O[C@H](CO)[C@@H](O)[C@H](O)[C@H]3O)cccc2c1. The first-order valence-electron chi connectivity index (χ1n) is 8.75. The number of thioether (sulfide) groups is 1. The second kappa shape index (κ2) is 9.36. The maximum Gasteiger partial charge on any atom is 0.229 e. The third kappa shape index (κ3) is 4.57. The molecule has 0 aromatic heterocycles. The van der Waals surface area contributed by atoms with Gasteiger partial charge in [0.25, 0.3) is 0 Å². The zero-order valence-electron chi connectivity index (χ0n) is 15.2. The van der Waals surface area contributed by atoms with E-state index in [4.69, 9.17) is 21.7 Å². The number of ether oxygens (including phenoxy) is 2. The van der Waals surface area contributed by atoms with Gasteiger partial charge in [-0.1, -0.05) is 36.5 Å². The largest absolute Gasteiger partial charge is 0.461 e. The molecule has 0 bridgehead atoms. The van der Waals surface area contributed by atoms with Crippen LogP contribution in [0.3, 0.4) is 0 Å². The number of thiocarbonyl (C=S) groups is 1. The highest BCUT2D eigenvalue weighted by molar-refractivity contribution is 8.22. The van der Waals surface area contributed by atoms with E-state index in [9.17, 15) is 20.4 Å². The molecule has 3 rings (SSSR count). The molecule has 1 heterocycles. The number of aliphatic hydroxyl groups excluding tert-OH is 4. The normalized spacial score (nSPS) is 27.5. The average Bonchev–Trinajstić information content (AvgIpc) is 2.72. The summed E-state index contributed by atoms with van der Waals surface area (Å²) in [6, 6.07) is 11.3. The van der Waals surface area contributed by atoms with Gasteiger partial charge in [-0.2, -0.15) is 0 Å². The molecule has 0 amide bonds. The molecule has 7 nitrogen and oxygen atoms in total. The van der Waals surface area contributed by atoms with Crippen molar-refractivity contribution in [2.24, 2.45) is 0 Å². The van der Waals surface area contributed by atoms with Gasteiger partial charge in [-0.05, 0) is 29.3 Å². The van der Waals surface area contributed by atoms with E-state index in [1.54, 1.807) is 6.07 Å². The Hall–Kier alpha value is -1.46. The van der Waals surface area contributed by atoms with Gasteiger partial charge in [0, 0.05) is 11.9 Å². The maximum absolute atomic E-state index is 10.2. The standard InChI is InChI=1S/C19H23NO6S2/c1-28-19(27)20-8-10-5-6-12-11(7-10)3-2-4-13(12)25-18-17(24)16(23)15(22)14(9-21)26-18/h2-7,14-18,21-24H,8-9H2,1H3,(H,20,27)/t14-,15-,16+,17-,18-/m1/s1. The van der Waals surface area contributed by atoms with Crippen LogP contribution in [0, 0.1) is 0 Å². The predicted molar refractivity (Wildman–Crippen MR) is 111 cm³/mol. The van der Waals surface area contributed by atoms with E-state index < -0.39 is 37.3 Å². The van der Waals surface area contributed by atoms with Crippen LogP contribution in [0.2, 0.25) is 0 Å². The van der Waals surface area contributed by atoms with Gasteiger partial charge in [0.1, 0.15) is 34.5 Å². The van der Waals surface area contributed by atoms with Gasteiger partial charge in [-0.3, -0.25) is 0 Å². The number of benzene rings is 2. The summed E-state index contributed by atoms with van der Waals surface area (Å²) in [6.07, 6.45) is -4.68. The monoisotopic (exact) mass is 425 g/mol. The summed E-state index contributed by atoms with van der Waals surface area (Å²) in [5.74, 6) is 0.459. The summed E-state index contributed by atoms with van der Waals surface area (Å²) >= 11 is 6.63. The van der Waals surface area contributed by atoms with Crippen molar-refractivity contribution in [2.45, 2.75) is 37.3 Å². The van der Waals surface area contributed by atoms with Crippen LogP contribution in [0.4, 0.5) is 0 Å². The van der Waals surface area contributed by atoms with E-state index >= 15 is 0 Å². The second-order valence-electron chi connectivity index (χ2n) is 6.47. The van der Waals surface area contributed by atoms with Crippen molar-refractivity contribution in [3.63, 3.8) is 0 Å². The molecule has 1 fully saturated rings. The van der Waals surface area contributed by atoms with Crippen LogP contribution < -0.4 is 10.1 Å². The topological polar surface area (TPSA) is 111 Å². The molecule has 2 aromatic rings. The van der Waals surface area contributed by atoms with E-state index in [0.29, 0.717) is 12.3 Å². The Bertz CT molecular complexity index is 833. The second-order valence-corrected chi connectivity index (χ2v) is 7.96. The number of nitrogens with one attached hydrogen (secondary N) is 1. The van der Waals surface area contributed by atoms with Crippen molar-refractivity contribution < 1.29 is 29.9 Å². The lowest BCUT2D eigenvalue weighted by molar-refractivity contribution is -0.277. The van der Waals surface area contributed by atoms with E-state index in [0.717, 1.165) is 20.7 Å². The van der Waals surface area contributed by atoms with Crippen molar-refractivity contribution >= 4 is 39.1 Å². The average molecular weight is 426 g/mol. The highest BCUT2D eigenvalue weighted by Crippen LogP contribution is 2.30. The van der Waals surface area contributed by atoms with Crippen molar-refractivity contribution in [3.8, 4) is 5.75 Å². The van der Waals surface area contributed by atoms with Gasteiger partial charge >= 0.3 is 0 Å². The molecule has 0 aliphatic carbocycles. The summed E-state index contributed by atoms with van der Waals surface area (Å²) in [6.45, 7) is 0.0992. The number of rotatable bonds is 5. The molecule has 9 heteroatoms. The van der Waals surface area contributed by atoms with Crippen LogP contribution in [-0.4, -0.2) is 68.3 Å². The predicted octanol–water partition coefficient (Wildman–Crippen LogP) is 0.756. The fourth-order valence-corrected chi connectivity index (χ4v) is 3.34. The van der Waals surface area contributed by atoms with Crippen molar-refractivity contribution in [3.05, 3.63) is 42.0 Å². The van der Waals surface area contributed by atoms with Crippen LogP contribution in [0.15, 0.2) is 36.4 Å². The number of hydrogen-bond donors (Lipinski definition) is 5. The Morgan fingerprint density at radius 2 is 1.96 bits per heavy atom. The summed E-state index contributed by atoms with van der Waals surface area (Å²) in [5.41, 5.74) is 1.05. The van der Waals surface area contributed by atoms with Gasteiger partial charge in [-0.15, -0.1) is 11.8 Å². The first-order chi connectivity index (χ1) is 13.4. The molecule has 0 spiro atoms. The van der Waals surface area contributed by atoms with Crippen LogP contribution in [0.25, 0.3) is 10.8 Å². The molecule has 0 radical (unpaired) electrons. The smallest absolute Gasteiger partial charge is 0.229 e.